The van der Waals surface area contributed by atoms with Crippen LogP contribution >= 0.6 is 0 Å². The number of likely N-dealkylation sites (N-methyl/N-ethyl adjacent to an activating group) is 1. The minimum absolute atomic E-state index is 0.0503. The van der Waals surface area contributed by atoms with Crippen molar-refractivity contribution in [2.24, 2.45) is 11.8 Å². The first-order valence-electron chi connectivity index (χ1n) is 7.73. The van der Waals surface area contributed by atoms with Crippen LogP contribution < -0.4 is 10.6 Å². The van der Waals surface area contributed by atoms with E-state index in [2.05, 4.69) is 10.6 Å². The Morgan fingerprint density at radius 2 is 1.87 bits per heavy atom. The van der Waals surface area contributed by atoms with Gasteiger partial charge in [-0.15, -0.1) is 0 Å². The molecule has 2 unspecified atom stereocenters. The summed E-state index contributed by atoms with van der Waals surface area (Å²) >= 11 is 0. The van der Waals surface area contributed by atoms with Gasteiger partial charge in [0.15, 0.2) is 5.78 Å². The van der Waals surface area contributed by atoms with Gasteiger partial charge < -0.3 is 15.5 Å². The molecule has 6 heteroatoms. The monoisotopic (exact) mass is 317 g/mol. The van der Waals surface area contributed by atoms with Crippen LogP contribution in [0.25, 0.3) is 0 Å². The maximum absolute atomic E-state index is 12.2. The van der Waals surface area contributed by atoms with Gasteiger partial charge in [0.25, 0.3) is 0 Å². The Morgan fingerprint density at radius 1 is 1.17 bits per heavy atom. The van der Waals surface area contributed by atoms with E-state index in [1.54, 1.807) is 24.3 Å². The maximum Gasteiger partial charge on any atom is 0.228 e. The first-order valence-corrected chi connectivity index (χ1v) is 7.73. The van der Waals surface area contributed by atoms with E-state index in [0.29, 0.717) is 24.2 Å². The van der Waals surface area contributed by atoms with Gasteiger partial charge in [-0.05, 0) is 39.6 Å². The molecule has 1 saturated carbocycles. The molecule has 0 radical (unpaired) electrons. The van der Waals surface area contributed by atoms with Crippen LogP contribution in [0.15, 0.2) is 24.3 Å². The van der Waals surface area contributed by atoms with Crippen molar-refractivity contribution in [3.63, 3.8) is 0 Å². The van der Waals surface area contributed by atoms with Gasteiger partial charge in [0.05, 0.1) is 11.8 Å². The van der Waals surface area contributed by atoms with Crippen molar-refractivity contribution in [3.8, 4) is 0 Å². The molecule has 6 nitrogen and oxygen atoms in total. The fraction of sp³-hybridized carbons (Fsp3) is 0.471. The highest BCUT2D eigenvalue weighted by atomic mass is 16.2. The highest BCUT2D eigenvalue weighted by Crippen LogP contribution is 2.39. The fourth-order valence-corrected chi connectivity index (χ4v) is 2.36. The highest BCUT2D eigenvalue weighted by Gasteiger charge is 2.47. The van der Waals surface area contributed by atoms with Crippen LogP contribution in [0.2, 0.25) is 0 Å². The Hall–Kier alpha value is -2.21. The number of rotatable bonds is 7. The predicted molar refractivity (Wildman–Crippen MR) is 88.2 cm³/mol. The zero-order valence-corrected chi connectivity index (χ0v) is 13.8. The van der Waals surface area contributed by atoms with E-state index < -0.39 is 0 Å². The summed E-state index contributed by atoms with van der Waals surface area (Å²) in [7, 11) is 3.88. The number of nitrogens with one attached hydrogen (secondary N) is 2. The summed E-state index contributed by atoms with van der Waals surface area (Å²) in [5, 5.41) is 5.62. The van der Waals surface area contributed by atoms with E-state index in [9.17, 15) is 14.4 Å². The van der Waals surface area contributed by atoms with Crippen LogP contribution in [0.5, 0.6) is 0 Å². The summed E-state index contributed by atoms with van der Waals surface area (Å²) in [6.45, 7) is 2.83. The van der Waals surface area contributed by atoms with Gasteiger partial charge in [0, 0.05) is 24.3 Å². The van der Waals surface area contributed by atoms with E-state index in [4.69, 9.17) is 0 Å². The fourth-order valence-electron chi connectivity index (χ4n) is 2.36. The van der Waals surface area contributed by atoms with Crippen LogP contribution in [0.4, 0.5) is 5.69 Å². The van der Waals surface area contributed by atoms with Gasteiger partial charge in [-0.3, -0.25) is 14.4 Å². The summed E-state index contributed by atoms with van der Waals surface area (Å²) in [5.74, 6) is -0.808. The number of anilines is 1. The van der Waals surface area contributed by atoms with Crippen molar-refractivity contribution in [2.75, 3.05) is 32.5 Å². The molecule has 0 bridgehead atoms. The molecule has 0 aromatic heterocycles. The normalized spacial score (nSPS) is 19.3. The van der Waals surface area contributed by atoms with Crippen molar-refractivity contribution < 1.29 is 14.4 Å². The third-order valence-corrected chi connectivity index (χ3v) is 3.86. The summed E-state index contributed by atoms with van der Waals surface area (Å²) in [6.07, 6.45) is 0.575. The Bertz CT molecular complexity index is 613. The first-order chi connectivity index (χ1) is 10.9. The number of hydrogen-bond acceptors (Lipinski definition) is 4. The zero-order valence-electron chi connectivity index (χ0n) is 13.8. The Kier molecular flexibility index (Phi) is 5.50. The second-order valence-electron chi connectivity index (χ2n) is 6.17. The largest absolute Gasteiger partial charge is 0.355 e. The van der Waals surface area contributed by atoms with Gasteiger partial charge in [-0.2, -0.15) is 0 Å². The smallest absolute Gasteiger partial charge is 0.228 e. The SMILES string of the molecule is CC(=O)c1cccc(NC(=O)C2CC2C(=O)NCCN(C)C)c1. The molecule has 2 amide bonds. The molecular formula is C17H23N3O3. The molecule has 23 heavy (non-hydrogen) atoms. The molecule has 0 aliphatic heterocycles. The topological polar surface area (TPSA) is 78.5 Å². The highest BCUT2D eigenvalue weighted by molar-refractivity contribution is 6.01. The third-order valence-electron chi connectivity index (χ3n) is 3.86. The predicted octanol–water partition coefficient (Wildman–Crippen LogP) is 1.14. The van der Waals surface area contributed by atoms with Crippen molar-refractivity contribution in [3.05, 3.63) is 29.8 Å². The van der Waals surface area contributed by atoms with E-state index in [0.717, 1.165) is 6.54 Å². The standard InChI is InChI=1S/C17H23N3O3/c1-11(21)12-5-4-6-13(9-12)19-17(23)15-10-14(15)16(22)18-7-8-20(2)3/h4-6,9,14-15H,7-8,10H2,1-3H3,(H,18,22)(H,19,23). The number of benzene rings is 1. The Morgan fingerprint density at radius 3 is 2.52 bits per heavy atom. The third kappa shape index (κ3) is 4.89. The summed E-state index contributed by atoms with van der Waals surface area (Å²) in [4.78, 5) is 37.4. The Labute approximate surface area is 136 Å². The molecule has 2 N–H and O–H groups in total. The zero-order chi connectivity index (χ0) is 17.0. The molecule has 1 fully saturated rings. The van der Waals surface area contributed by atoms with E-state index >= 15 is 0 Å². The van der Waals surface area contributed by atoms with Crippen LogP contribution in [-0.2, 0) is 9.59 Å². The van der Waals surface area contributed by atoms with E-state index in [1.165, 1.54) is 6.92 Å². The molecular weight excluding hydrogens is 294 g/mol. The number of ketones is 1. The molecule has 1 aliphatic carbocycles. The molecule has 124 valence electrons. The number of hydrogen-bond donors (Lipinski definition) is 2. The molecule has 1 aromatic rings. The summed E-state index contributed by atoms with van der Waals surface area (Å²) < 4.78 is 0. The van der Waals surface area contributed by atoms with Crippen molar-refractivity contribution in [1.29, 1.82) is 0 Å². The van der Waals surface area contributed by atoms with Crippen LogP contribution in [0, 0.1) is 11.8 Å². The van der Waals surface area contributed by atoms with Crippen LogP contribution in [0.1, 0.15) is 23.7 Å². The van der Waals surface area contributed by atoms with Crippen LogP contribution in [-0.4, -0.2) is 49.7 Å². The van der Waals surface area contributed by atoms with Gasteiger partial charge >= 0.3 is 0 Å². The lowest BCUT2D eigenvalue weighted by Crippen LogP contribution is -2.33. The minimum Gasteiger partial charge on any atom is -0.355 e. The minimum atomic E-state index is -0.282. The molecule has 1 aliphatic rings. The number of Topliss-reactive ketones (excluding diaryl/α,β-unsaturated/α-hetero) is 1. The van der Waals surface area contributed by atoms with E-state index in [1.807, 2.05) is 19.0 Å². The van der Waals surface area contributed by atoms with E-state index in [-0.39, 0.29) is 29.4 Å². The van der Waals surface area contributed by atoms with Gasteiger partial charge in [0.1, 0.15) is 0 Å². The molecule has 1 aromatic carbocycles. The molecule has 0 saturated heterocycles. The van der Waals surface area contributed by atoms with Gasteiger partial charge in [-0.1, -0.05) is 12.1 Å². The van der Waals surface area contributed by atoms with Gasteiger partial charge in [0.2, 0.25) is 11.8 Å². The Balaban J connectivity index is 1.83. The molecule has 2 rings (SSSR count). The van der Waals surface area contributed by atoms with Crippen molar-refractivity contribution >= 4 is 23.3 Å². The van der Waals surface area contributed by atoms with Crippen molar-refractivity contribution in [1.82, 2.24) is 10.2 Å². The average Bonchev–Trinajstić information content (AvgIpc) is 3.27. The molecule has 0 spiro atoms. The second kappa shape index (κ2) is 7.37. The molecule has 0 heterocycles. The maximum atomic E-state index is 12.2. The number of carbonyl (C=O) groups is 3. The van der Waals surface area contributed by atoms with Crippen molar-refractivity contribution in [2.45, 2.75) is 13.3 Å². The quantitative estimate of drug-likeness (QED) is 0.739. The second-order valence-corrected chi connectivity index (χ2v) is 6.17. The van der Waals surface area contributed by atoms with Crippen LogP contribution in [0.3, 0.4) is 0 Å². The first kappa shape index (κ1) is 17.1. The lowest BCUT2D eigenvalue weighted by atomic mass is 10.1. The lowest BCUT2D eigenvalue weighted by molar-refractivity contribution is -0.125. The summed E-state index contributed by atoms with van der Waals surface area (Å²) in [6, 6.07) is 6.81. The number of carbonyl (C=O) groups excluding carboxylic acids is 3. The molecule has 2 atom stereocenters. The number of nitrogens with zero attached hydrogens (tertiary/aromatic N) is 1. The lowest BCUT2D eigenvalue weighted by Gasteiger charge is -2.10. The number of amides is 2. The average molecular weight is 317 g/mol. The summed E-state index contributed by atoms with van der Waals surface area (Å²) in [5.41, 5.74) is 1.14. The van der Waals surface area contributed by atoms with Gasteiger partial charge in [-0.25, -0.2) is 0 Å².